The predicted molar refractivity (Wildman–Crippen MR) is 168 cm³/mol. The molecule has 0 fully saturated rings. The van der Waals surface area contributed by atoms with E-state index in [0.29, 0.717) is 40.9 Å². The number of amides is 3. The number of nitrogens with two attached hydrogens (primary N) is 1. The van der Waals surface area contributed by atoms with Gasteiger partial charge < -0.3 is 31.2 Å². The van der Waals surface area contributed by atoms with Crippen LogP contribution >= 0.6 is 12.4 Å². The molecule has 2 aromatic rings. The Hall–Kier alpha value is -4.17. The van der Waals surface area contributed by atoms with Gasteiger partial charge in [-0.05, 0) is 88.1 Å². The summed E-state index contributed by atoms with van der Waals surface area (Å²) in [7, 11) is 0. The van der Waals surface area contributed by atoms with E-state index in [9.17, 15) is 36.3 Å². The van der Waals surface area contributed by atoms with Crippen molar-refractivity contribution in [3.8, 4) is 11.5 Å². The first-order valence-electron chi connectivity index (χ1n) is 14.2. The molecular formula is C32H38ClF5N4O5. The number of halogens is 6. The third-order valence-corrected chi connectivity index (χ3v) is 6.96. The van der Waals surface area contributed by atoms with Crippen molar-refractivity contribution >= 4 is 30.1 Å². The number of carbonyl (C=O) groups is 3. The fourth-order valence-corrected chi connectivity index (χ4v) is 4.75. The average Bonchev–Trinajstić information content (AvgIpc) is 2.96. The van der Waals surface area contributed by atoms with Crippen molar-refractivity contribution in [2.75, 3.05) is 26.3 Å². The lowest BCUT2D eigenvalue weighted by atomic mass is 9.87. The molecule has 0 atom stereocenters. The number of rotatable bonds is 9. The number of hydrogen-bond acceptors (Lipinski definition) is 6. The van der Waals surface area contributed by atoms with Crippen molar-refractivity contribution < 1.29 is 45.8 Å². The van der Waals surface area contributed by atoms with Crippen LogP contribution in [0.15, 0.2) is 60.2 Å². The second kappa shape index (κ2) is 16.1. The average molecular weight is 689 g/mol. The highest BCUT2D eigenvalue weighted by molar-refractivity contribution is 5.98. The van der Waals surface area contributed by atoms with Crippen LogP contribution in [0, 0.1) is 0 Å². The number of alkyl halides is 3. The predicted octanol–water partition coefficient (Wildman–Crippen LogP) is 5.03. The van der Waals surface area contributed by atoms with E-state index in [4.69, 9.17) is 15.2 Å². The maximum Gasteiger partial charge on any atom is 0.471 e. The monoisotopic (exact) mass is 688 g/mol. The van der Waals surface area contributed by atoms with Gasteiger partial charge in [-0.2, -0.15) is 13.2 Å². The largest absolute Gasteiger partial charge is 0.489 e. The first-order chi connectivity index (χ1) is 21.5. The molecule has 4 rings (SSSR count). The molecule has 2 heterocycles. The molecule has 0 aromatic heterocycles. The molecule has 2 aliphatic heterocycles. The highest BCUT2D eigenvalue weighted by Gasteiger charge is 2.38. The number of nitrogens with one attached hydrogen (secondary N) is 3. The number of fused-ring (bicyclic) bond motifs is 2. The van der Waals surface area contributed by atoms with E-state index in [1.165, 1.54) is 6.07 Å². The van der Waals surface area contributed by atoms with Crippen LogP contribution in [0.1, 0.15) is 59.5 Å². The molecule has 2 aliphatic rings. The van der Waals surface area contributed by atoms with Gasteiger partial charge >= 0.3 is 12.1 Å². The van der Waals surface area contributed by atoms with E-state index < -0.39 is 24.2 Å². The fourth-order valence-electron chi connectivity index (χ4n) is 4.75. The molecule has 0 saturated carbocycles. The van der Waals surface area contributed by atoms with Crippen molar-refractivity contribution in [1.82, 2.24) is 16.0 Å². The number of carbonyl (C=O) groups excluding carboxylic acids is 3. The molecule has 0 radical (unpaired) electrons. The summed E-state index contributed by atoms with van der Waals surface area (Å²) >= 11 is 0. The Labute approximate surface area is 275 Å². The molecule has 0 saturated heterocycles. The van der Waals surface area contributed by atoms with E-state index in [1.807, 2.05) is 33.8 Å². The summed E-state index contributed by atoms with van der Waals surface area (Å²) < 4.78 is 72.5. The highest BCUT2D eigenvalue weighted by atomic mass is 35.5. The number of hydrogen-bond donors (Lipinski definition) is 4. The summed E-state index contributed by atoms with van der Waals surface area (Å²) in [4.78, 5) is 34.7. The zero-order valence-corrected chi connectivity index (χ0v) is 27.1. The van der Waals surface area contributed by atoms with Gasteiger partial charge in [0.2, 0.25) is 0 Å². The molecule has 3 amide bonds. The van der Waals surface area contributed by atoms with Crippen molar-refractivity contribution in [2.24, 2.45) is 5.73 Å². The van der Waals surface area contributed by atoms with Gasteiger partial charge in [-0.3, -0.25) is 14.4 Å². The maximum absolute atomic E-state index is 12.8. The van der Waals surface area contributed by atoms with Crippen molar-refractivity contribution in [2.45, 2.75) is 57.8 Å². The second-order valence-electron chi connectivity index (χ2n) is 12.2. The summed E-state index contributed by atoms with van der Waals surface area (Å²) in [6.45, 7) is 6.94. The second-order valence-corrected chi connectivity index (χ2v) is 12.2. The minimum absolute atomic E-state index is 0. The fraction of sp³-hybridized carbons (Fsp3) is 0.406. The lowest BCUT2D eigenvalue weighted by molar-refractivity contribution is -0.173. The Morgan fingerprint density at radius 3 is 1.66 bits per heavy atom. The van der Waals surface area contributed by atoms with Gasteiger partial charge in [0.15, 0.2) is 0 Å². The molecule has 9 nitrogen and oxygen atoms in total. The Morgan fingerprint density at radius 2 is 1.28 bits per heavy atom. The van der Waals surface area contributed by atoms with Crippen LogP contribution in [0.5, 0.6) is 11.5 Å². The molecular weight excluding hydrogens is 651 g/mol. The Morgan fingerprint density at radius 1 is 0.851 bits per heavy atom. The van der Waals surface area contributed by atoms with Gasteiger partial charge in [-0.25, -0.2) is 8.78 Å². The Balaban J connectivity index is 0.000000330. The molecule has 0 bridgehead atoms. The van der Waals surface area contributed by atoms with Gasteiger partial charge in [0.05, 0.1) is 12.7 Å². The Kier molecular flexibility index (Phi) is 13.4. The first kappa shape index (κ1) is 39.0. The third-order valence-electron chi connectivity index (χ3n) is 6.96. The summed E-state index contributed by atoms with van der Waals surface area (Å²) in [6, 6.07) is 10.0. The summed E-state index contributed by atoms with van der Waals surface area (Å²) in [5, 5.41) is 7.38. The SMILES string of the molecule is CC1(C)Cc2cc(OC/C(=C/F)CN)ccc2C(=O)N1.CC1(C)Cc2cc(OC/C(=C/F)CNC(=O)C(F)(F)F)ccc2C(=O)N1.Cl. The maximum atomic E-state index is 12.8. The molecule has 0 unspecified atom stereocenters. The van der Waals surface area contributed by atoms with E-state index >= 15 is 0 Å². The first-order valence-corrected chi connectivity index (χ1v) is 14.2. The minimum Gasteiger partial charge on any atom is -0.489 e. The smallest absolute Gasteiger partial charge is 0.471 e. The minimum atomic E-state index is -5.03. The standard InChI is InChI=1S/C17H18F4N2O3.C15H19FN2O2.ClH/c1-16(2)6-11-5-12(3-4-13(11)14(24)23-16)26-9-10(7-18)8-22-15(25)17(19,20)21;1-15(2)6-11-5-12(20-9-10(7-16)8-17)3-4-13(11)14(19)18-15;/h3-5,7H,6,8-9H2,1-2H3,(H,22,25)(H,23,24);3-5,7H,6,8-9,17H2,1-2H3,(H,18,19);1H/b2*10-7+;. The van der Waals surface area contributed by atoms with Crippen LogP contribution in [0.2, 0.25) is 0 Å². The van der Waals surface area contributed by atoms with E-state index in [0.717, 1.165) is 17.5 Å². The topological polar surface area (TPSA) is 132 Å². The van der Waals surface area contributed by atoms with Crippen LogP contribution in [0.25, 0.3) is 0 Å². The summed E-state index contributed by atoms with van der Waals surface area (Å²) in [6.07, 6.45) is -3.18. The van der Waals surface area contributed by atoms with E-state index in [-0.39, 0.29) is 61.4 Å². The van der Waals surface area contributed by atoms with Crippen LogP contribution in [-0.4, -0.2) is 61.3 Å². The number of benzene rings is 2. The third kappa shape index (κ3) is 11.2. The molecule has 0 aliphatic carbocycles. The molecule has 258 valence electrons. The van der Waals surface area contributed by atoms with Crippen molar-refractivity contribution in [3.63, 3.8) is 0 Å². The van der Waals surface area contributed by atoms with Crippen LogP contribution in [0.3, 0.4) is 0 Å². The van der Waals surface area contributed by atoms with E-state index in [2.05, 4.69) is 10.6 Å². The van der Waals surface area contributed by atoms with Gasteiger partial charge in [0.1, 0.15) is 24.7 Å². The van der Waals surface area contributed by atoms with Gasteiger partial charge in [0, 0.05) is 46.4 Å². The lowest BCUT2D eigenvalue weighted by Gasteiger charge is -2.32. The van der Waals surface area contributed by atoms with Crippen molar-refractivity contribution in [1.29, 1.82) is 0 Å². The van der Waals surface area contributed by atoms with Crippen LogP contribution < -0.4 is 31.2 Å². The molecule has 15 heteroatoms. The quantitative estimate of drug-likeness (QED) is 0.274. The van der Waals surface area contributed by atoms with E-state index in [1.54, 1.807) is 29.6 Å². The summed E-state index contributed by atoms with van der Waals surface area (Å²) in [5.41, 5.74) is 7.77. The zero-order valence-electron chi connectivity index (χ0n) is 26.3. The van der Waals surface area contributed by atoms with Crippen LogP contribution in [0.4, 0.5) is 22.0 Å². The highest BCUT2D eigenvalue weighted by Crippen LogP contribution is 2.28. The van der Waals surface area contributed by atoms with Crippen LogP contribution in [-0.2, 0) is 17.6 Å². The lowest BCUT2D eigenvalue weighted by Crippen LogP contribution is -2.49. The van der Waals surface area contributed by atoms with Crippen molar-refractivity contribution in [3.05, 3.63) is 82.5 Å². The zero-order chi connectivity index (χ0) is 34.3. The molecule has 47 heavy (non-hydrogen) atoms. The van der Waals surface area contributed by atoms with Gasteiger partial charge in [0.25, 0.3) is 11.8 Å². The molecule has 5 N–H and O–H groups in total. The van der Waals surface area contributed by atoms with Gasteiger partial charge in [-0.15, -0.1) is 12.4 Å². The molecule has 2 aromatic carbocycles. The molecule has 0 spiro atoms. The summed E-state index contributed by atoms with van der Waals surface area (Å²) in [5.74, 6) is -1.48. The normalized spacial score (nSPS) is 16.6. The number of ether oxygens (including phenoxy) is 2. The Bertz CT molecular complexity index is 1530. The van der Waals surface area contributed by atoms with Gasteiger partial charge in [-0.1, -0.05) is 0 Å².